The van der Waals surface area contributed by atoms with E-state index >= 15 is 0 Å². The Morgan fingerprint density at radius 3 is 2.00 bits per heavy atom. The molecule has 24 heavy (non-hydrogen) atoms. The van der Waals surface area contributed by atoms with Crippen LogP contribution in [0.4, 0.5) is 0 Å². The fourth-order valence-corrected chi connectivity index (χ4v) is 3.69. The maximum atomic E-state index is 10.3. The number of carbonyl (C=O) groups excluding carboxylic acids is 1. The van der Waals surface area contributed by atoms with Crippen LogP contribution in [0, 0.1) is 0 Å². The molecule has 0 saturated heterocycles. The van der Waals surface area contributed by atoms with Crippen molar-refractivity contribution in [3.63, 3.8) is 0 Å². The molecule has 0 unspecified atom stereocenters. The Morgan fingerprint density at radius 1 is 0.958 bits per heavy atom. The van der Waals surface area contributed by atoms with Crippen molar-refractivity contribution in [2.75, 3.05) is 0 Å². The van der Waals surface area contributed by atoms with Crippen molar-refractivity contribution in [3.8, 4) is 0 Å². The van der Waals surface area contributed by atoms with E-state index in [0.29, 0.717) is 0 Å². The van der Waals surface area contributed by atoms with Crippen molar-refractivity contribution in [3.05, 3.63) is 32.2 Å². The summed E-state index contributed by atoms with van der Waals surface area (Å²) in [6.07, 6.45) is 13.8. The summed E-state index contributed by atoms with van der Waals surface area (Å²) in [5.41, 5.74) is 0. The zero-order chi connectivity index (χ0) is 17.6. The van der Waals surface area contributed by atoms with Gasteiger partial charge in [0.1, 0.15) is 0 Å². The van der Waals surface area contributed by atoms with Crippen LogP contribution < -0.4 is 0 Å². The first-order chi connectivity index (χ1) is 11.7. The fraction of sp³-hybridized carbons (Fsp3) is 0.611. The van der Waals surface area contributed by atoms with Crippen LogP contribution in [0.15, 0.2) is 12.4 Å². The van der Waals surface area contributed by atoms with Crippen LogP contribution in [0.25, 0.3) is 0 Å². The van der Waals surface area contributed by atoms with Gasteiger partial charge in [-0.05, 0) is 25.7 Å². The summed E-state index contributed by atoms with van der Waals surface area (Å²) in [5, 5.41) is 11.0. The van der Waals surface area contributed by atoms with Gasteiger partial charge in [0.25, 0.3) is 0 Å². The summed E-state index contributed by atoms with van der Waals surface area (Å²) < 4.78 is 0. The van der Waals surface area contributed by atoms with Crippen molar-refractivity contribution in [1.29, 1.82) is 0 Å². The molecule has 0 amide bonds. The van der Waals surface area contributed by atoms with Crippen molar-refractivity contribution in [2.24, 2.45) is 0 Å². The standard InChI is InChI=1S/C9H15NOS.C9H13NOS/c2*1-2-3-4-5-9-10-6-8(7-11)12-9/h6,11H,2-5,7H2,1H3;6-7H,2-5H2,1H3. The molecule has 4 nitrogen and oxygen atoms in total. The molecular weight excluding hydrogens is 340 g/mol. The molecule has 2 rings (SSSR count). The van der Waals surface area contributed by atoms with Crippen molar-refractivity contribution in [1.82, 2.24) is 9.97 Å². The number of rotatable bonds is 10. The number of aryl methyl sites for hydroxylation is 2. The molecule has 2 heterocycles. The molecule has 0 aromatic carbocycles. The maximum absolute atomic E-state index is 10.3. The number of unbranched alkanes of at least 4 members (excludes halogenated alkanes) is 4. The van der Waals surface area contributed by atoms with Gasteiger partial charge in [-0.15, -0.1) is 22.7 Å². The third-order valence-corrected chi connectivity index (χ3v) is 5.46. The largest absolute Gasteiger partial charge is 0.391 e. The van der Waals surface area contributed by atoms with Gasteiger partial charge in [0.05, 0.1) is 26.4 Å². The van der Waals surface area contributed by atoms with Crippen molar-refractivity contribution >= 4 is 29.0 Å². The lowest BCUT2D eigenvalue weighted by atomic mass is 10.2. The quantitative estimate of drug-likeness (QED) is 0.470. The number of aliphatic hydroxyl groups excluding tert-OH is 1. The SMILES string of the molecule is CCCCCc1ncc(C=O)s1.CCCCCc1ncc(CO)s1. The zero-order valence-electron chi connectivity index (χ0n) is 14.7. The second kappa shape index (κ2) is 13.2. The molecule has 0 saturated carbocycles. The van der Waals surface area contributed by atoms with E-state index < -0.39 is 0 Å². The van der Waals surface area contributed by atoms with Gasteiger partial charge in [-0.3, -0.25) is 4.79 Å². The maximum Gasteiger partial charge on any atom is 0.161 e. The van der Waals surface area contributed by atoms with Gasteiger partial charge in [-0.25, -0.2) is 9.97 Å². The van der Waals surface area contributed by atoms with Crippen LogP contribution in [0.2, 0.25) is 0 Å². The molecule has 0 aliphatic carbocycles. The second-order valence-electron chi connectivity index (χ2n) is 5.57. The molecule has 1 N–H and O–H groups in total. The van der Waals surface area contributed by atoms with Gasteiger partial charge >= 0.3 is 0 Å². The minimum Gasteiger partial charge on any atom is -0.391 e. The van der Waals surface area contributed by atoms with E-state index in [9.17, 15) is 4.79 Å². The summed E-state index contributed by atoms with van der Waals surface area (Å²) in [6.45, 7) is 4.51. The van der Waals surface area contributed by atoms with Crippen LogP contribution >= 0.6 is 22.7 Å². The first kappa shape index (κ1) is 20.9. The van der Waals surface area contributed by atoms with Gasteiger partial charge in [0, 0.05) is 12.4 Å². The summed E-state index contributed by atoms with van der Waals surface area (Å²) in [6, 6.07) is 0. The van der Waals surface area contributed by atoms with E-state index in [1.165, 1.54) is 49.9 Å². The lowest BCUT2D eigenvalue weighted by Gasteiger charge is -1.93. The number of thiazole rings is 2. The Kier molecular flexibility index (Phi) is 11.5. The topological polar surface area (TPSA) is 63.1 Å². The minimum absolute atomic E-state index is 0.130. The number of carbonyl (C=O) groups is 1. The molecule has 0 atom stereocenters. The first-order valence-corrected chi connectivity index (χ1v) is 10.3. The van der Waals surface area contributed by atoms with Gasteiger partial charge in [0.2, 0.25) is 0 Å². The third-order valence-electron chi connectivity index (χ3n) is 3.43. The Morgan fingerprint density at radius 2 is 1.54 bits per heavy atom. The lowest BCUT2D eigenvalue weighted by Crippen LogP contribution is -1.81. The molecular formula is C18H28N2O2S2. The number of aromatic nitrogens is 2. The predicted molar refractivity (Wildman–Crippen MR) is 102 cm³/mol. The van der Waals surface area contributed by atoms with Crippen molar-refractivity contribution < 1.29 is 9.90 Å². The summed E-state index contributed by atoms with van der Waals surface area (Å²) in [5.74, 6) is 0. The van der Waals surface area contributed by atoms with E-state index in [2.05, 4.69) is 23.8 Å². The average molecular weight is 369 g/mol. The molecule has 2 aromatic rings. The van der Waals surface area contributed by atoms with E-state index in [0.717, 1.165) is 38.9 Å². The molecule has 0 radical (unpaired) electrons. The number of aldehydes is 1. The van der Waals surface area contributed by atoms with Gasteiger partial charge in [0.15, 0.2) is 6.29 Å². The van der Waals surface area contributed by atoms with E-state index in [-0.39, 0.29) is 6.61 Å². The highest BCUT2D eigenvalue weighted by molar-refractivity contribution is 7.13. The van der Waals surface area contributed by atoms with E-state index in [1.807, 2.05) is 0 Å². The van der Waals surface area contributed by atoms with E-state index in [1.54, 1.807) is 23.7 Å². The van der Waals surface area contributed by atoms with Crippen LogP contribution in [0.3, 0.4) is 0 Å². The Hall–Kier alpha value is -1.11. The predicted octanol–water partition coefficient (Wildman–Crippen LogP) is 5.06. The minimum atomic E-state index is 0.130. The molecule has 2 aromatic heterocycles. The smallest absolute Gasteiger partial charge is 0.161 e. The Bertz CT molecular complexity index is 567. The highest BCUT2D eigenvalue weighted by atomic mass is 32.1. The van der Waals surface area contributed by atoms with Gasteiger partial charge < -0.3 is 5.11 Å². The molecule has 0 bridgehead atoms. The van der Waals surface area contributed by atoms with Gasteiger partial charge in [-0.2, -0.15) is 0 Å². The molecule has 6 heteroatoms. The fourth-order valence-electron chi connectivity index (χ4n) is 2.08. The Balaban J connectivity index is 0.000000240. The highest BCUT2D eigenvalue weighted by Crippen LogP contribution is 2.15. The summed E-state index contributed by atoms with van der Waals surface area (Å²) in [7, 11) is 0. The lowest BCUT2D eigenvalue weighted by molar-refractivity contribution is 0.112. The number of nitrogens with zero attached hydrogens (tertiary/aromatic N) is 2. The summed E-state index contributed by atoms with van der Waals surface area (Å²) in [4.78, 5) is 20.4. The van der Waals surface area contributed by atoms with Crippen LogP contribution in [0.5, 0.6) is 0 Å². The zero-order valence-corrected chi connectivity index (χ0v) is 16.3. The second-order valence-corrected chi connectivity index (χ2v) is 7.91. The van der Waals surface area contributed by atoms with E-state index in [4.69, 9.17) is 5.11 Å². The molecule has 0 fully saturated rings. The van der Waals surface area contributed by atoms with Crippen molar-refractivity contribution in [2.45, 2.75) is 71.8 Å². The third kappa shape index (κ3) is 8.66. The monoisotopic (exact) mass is 368 g/mol. The van der Waals surface area contributed by atoms with Crippen LogP contribution in [-0.4, -0.2) is 21.4 Å². The molecule has 0 aliphatic rings. The van der Waals surface area contributed by atoms with Crippen LogP contribution in [-0.2, 0) is 19.4 Å². The first-order valence-electron chi connectivity index (χ1n) is 8.67. The molecule has 0 aliphatic heterocycles. The van der Waals surface area contributed by atoms with Gasteiger partial charge in [-0.1, -0.05) is 39.5 Å². The Labute approximate surface area is 153 Å². The average Bonchev–Trinajstić information content (AvgIpc) is 3.25. The van der Waals surface area contributed by atoms with Crippen LogP contribution in [0.1, 0.15) is 76.9 Å². The molecule has 134 valence electrons. The normalized spacial score (nSPS) is 10.3. The number of aliphatic hydroxyl groups is 1. The number of hydrogen-bond acceptors (Lipinski definition) is 6. The number of hydrogen-bond donors (Lipinski definition) is 1. The molecule has 0 spiro atoms. The summed E-state index contributed by atoms with van der Waals surface area (Å²) >= 11 is 3.13. The highest BCUT2D eigenvalue weighted by Gasteiger charge is 2.00.